The van der Waals surface area contributed by atoms with Crippen molar-refractivity contribution in [1.29, 1.82) is 0 Å². The number of amides is 1. The number of para-hydroxylation sites is 2. The van der Waals surface area contributed by atoms with Crippen molar-refractivity contribution in [2.75, 3.05) is 35.2 Å². The fourth-order valence-corrected chi connectivity index (χ4v) is 3.22. The van der Waals surface area contributed by atoms with Gasteiger partial charge in [0.25, 0.3) is 5.91 Å². The lowest BCUT2D eigenvalue weighted by molar-refractivity contribution is 0.0986. The lowest BCUT2D eigenvalue weighted by Crippen LogP contribution is -2.44. The predicted octanol–water partition coefficient (Wildman–Crippen LogP) is 3.15. The number of benzene rings is 2. The molecule has 1 fully saturated rings. The molecule has 2 aromatic carbocycles. The van der Waals surface area contributed by atoms with Gasteiger partial charge in [0, 0.05) is 30.9 Å². The highest BCUT2D eigenvalue weighted by molar-refractivity contribution is 6.08. The van der Waals surface area contributed by atoms with E-state index in [0.29, 0.717) is 11.3 Å². The molecule has 1 heterocycles. The molecule has 1 aliphatic heterocycles. The number of hydrogen-bond donors (Lipinski definition) is 1. The van der Waals surface area contributed by atoms with Crippen LogP contribution in [0.15, 0.2) is 48.5 Å². The highest BCUT2D eigenvalue weighted by Gasteiger charge is 2.31. The number of fused-ring (bicyclic) bond motifs is 1. The number of rotatable bonds is 3. The second kappa shape index (κ2) is 5.61. The SMILES string of the molecule is Nc1ccc(C(=O)N2CCN(CC3CC3)c3ccccc32)cc1. The van der Waals surface area contributed by atoms with Crippen molar-refractivity contribution in [2.45, 2.75) is 12.8 Å². The molecular weight excluding hydrogens is 286 g/mol. The molecule has 4 rings (SSSR count). The summed E-state index contributed by atoms with van der Waals surface area (Å²) in [5.41, 5.74) is 9.27. The van der Waals surface area contributed by atoms with Crippen molar-refractivity contribution in [1.82, 2.24) is 0 Å². The van der Waals surface area contributed by atoms with E-state index < -0.39 is 0 Å². The minimum Gasteiger partial charge on any atom is -0.399 e. The van der Waals surface area contributed by atoms with Gasteiger partial charge in [-0.25, -0.2) is 0 Å². The summed E-state index contributed by atoms with van der Waals surface area (Å²) in [5.74, 6) is 0.880. The molecule has 0 bridgehead atoms. The maximum Gasteiger partial charge on any atom is 0.258 e. The number of carbonyl (C=O) groups excluding carboxylic acids is 1. The number of nitrogens with zero attached hydrogens (tertiary/aromatic N) is 2. The lowest BCUT2D eigenvalue weighted by Gasteiger charge is -2.38. The zero-order valence-corrected chi connectivity index (χ0v) is 13.1. The Morgan fingerprint density at radius 2 is 1.70 bits per heavy atom. The minimum absolute atomic E-state index is 0.0449. The van der Waals surface area contributed by atoms with Crippen molar-refractivity contribution >= 4 is 23.0 Å². The quantitative estimate of drug-likeness (QED) is 0.886. The van der Waals surface area contributed by atoms with Gasteiger partial charge in [-0.3, -0.25) is 4.79 Å². The minimum atomic E-state index is 0.0449. The Labute approximate surface area is 136 Å². The summed E-state index contributed by atoms with van der Waals surface area (Å²) in [6.45, 7) is 2.74. The summed E-state index contributed by atoms with van der Waals surface area (Å²) in [6.07, 6.45) is 2.68. The molecule has 0 radical (unpaired) electrons. The molecule has 118 valence electrons. The van der Waals surface area contributed by atoms with Gasteiger partial charge < -0.3 is 15.5 Å². The Hall–Kier alpha value is -2.49. The Bertz CT molecular complexity index is 722. The molecule has 4 heteroatoms. The van der Waals surface area contributed by atoms with Crippen molar-refractivity contribution in [3.63, 3.8) is 0 Å². The van der Waals surface area contributed by atoms with Crippen LogP contribution in [-0.4, -0.2) is 25.5 Å². The summed E-state index contributed by atoms with van der Waals surface area (Å²) in [5, 5.41) is 0. The van der Waals surface area contributed by atoms with Crippen molar-refractivity contribution in [3.8, 4) is 0 Å². The molecule has 4 nitrogen and oxygen atoms in total. The Morgan fingerprint density at radius 3 is 2.39 bits per heavy atom. The van der Waals surface area contributed by atoms with Crippen LogP contribution in [0.25, 0.3) is 0 Å². The van der Waals surface area contributed by atoms with E-state index in [1.165, 1.54) is 18.5 Å². The predicted molar refractivity (Wildman–Crippen MR) is 93.9 cm³/mol. The zero-order valence-electron chi connectivity index (χ0n) is 13.1. The maximum absolute atomic E-state index is 12.9. The number of hydrogen-bond acceptors (Lipinski definition) is 3. The van der Waals surface area contributed by atoms with E-state index in [-0.39, 0.29) is 5.91 Å². The maximum atomic E-state index is 12.9. The first-order valence-electron chi connectivity index (χ1n) is 8.24. The van der Waals surface area contributed by atoms with E-state index in [2.05, 4.69) is 17.0 Å². The van der Waals surface area contributed by atoms with E-state index in [4.69, 9.17) is 5.73 Å². The van der Waals surface area contributed by atoms with Crippen LogP contribution in [0.4, 0.5) is 17.1 Å². The molecule has 0 spiro atoms. The van der Waals surface area contributed by atoms with Crippen LogP contribution >= 0.6 is 0 Å². The first kappa shape index (κ1) is 14.1. The highest BCUT2D eigenvalue weighted by Crippen LogP contribution is 2.37. The normalized spacial score (nSPS) is 17.0. The standard InChI is InChI=1S/C19H21N3O/c20-16-9-7-15(8-10-16)19(23)22-12-11-21(13-14-5-6-14)17-3-1-2-4-18(17)22/h1-4,7-10,14H,5-6,11-13,20H2. The molecular formula is C19H21N3O. The second-order valence-corrected chi connectivity index (χ2v) is 6.46. The van der Waals surface area contributed by atoms with E-state index in [9.17, 15) is 4.79 Å². The van der Waals surface area contributed by atoms with Crippen LogP contribution in [0, 0.1) is 5.92 Å². The van der Waals surface area contributed by atoms with Gasteiger partial charge in [-0.05, 0) is 55.2 Å². The number of nitrogen functional groups attached to an aromatic ring is 1. The lowest BCUT2D eigenvalue weighted by atomic mass is 10.1. The molecule has 2 N–H and O–H groups in total. The van der Waals surface area contributed by atoms with Gasteiger partial charge in [0.2, 0.25) is 0 Å². The van der Waals surface area contributed by atoms with Crippen LogP contribution in [0.2, 0.25) is 0 Å². The fourth-order valence-electron chi connectivity index (χ4n) is 3.22. The van der Waals surface area contributed by atoms with E-state index in [1.54, 1.807) is 24.3 Å². The average Bonchev–Trinajstić information content (AvgIpc) is 3.39. The van der Waals surface area contributed by atoms with Gasteiger partial charge in [0.05, 0.1) is 11.4 Å². The molecule has 0 saturated heterocycles. The molecule has 0 atom stereocenters. The molecule has 1 amide bonds. The molecule has 0 unspecified atom stereocenters. The average molecular weight is 307 g/mol. The van der Waals surface area contributed by atoms with Crippen molar-refractivity contribution in [2.24, 2.45) is 5.92 Å². The third-order valence-corrected chi connectivity index (χ3v) is 4.69. The summed E-state index contributed by atoms with van der Waals surface area (Å²) in [4.78, 5) is 17.2. The van der Waals surface area contributed by atoms with Gasteiger partial charge in [-0.1, -0.05) is 12.1 Å². The number of carbonyl (C=O) groups is 1. The monoisotopic (exact) mass is 307 g/mol. The number of anilines is 3. The third kappa shape index (κ3) is 2.77. The van der Waals surface area contributed by atoms with E-state index in [0.717, 1.165) is 31.2 Å². The van der Waals surface area contributed by atoms with Crippen molar-refractivity contribution < 1.29 is 4.79 Å². The Balaban J connectivity index is 1.63. The summed E-state index contributed by atoms with van der Waals surface area (Å²) >= 11 is 0. The Morgan fingerprint density at radius 1 is 1.00 bits per heavy atom. The summed E-state index contributed by atoms with van der Waals surface area (Å²) < 4.78 is 0. The smallest absolute Gasteiger partial charge is 0.258 e. The molecule has 23 heavy (non-hydrogen) atoms. The van der Waals surface area contributed by atoms with E-state index >= 15 is 0 Å². The molecule has 1 aliphatic carbocycles. The van der Waals surface area contributed by atoms with E-state index in [1.807, 2.05) is 17.0 Å². The highest BCUT2D eigenvalue weighted by atomic mass is 16.2. The summed E-state index contributed by atoms with van der Waals surface area (Å²) in [7, 11) is 0. The fraction of sp³-hybridized carbons (Fsp3) is 0.316. The van der Waals surface area contributed by atoms with Gasteiger partial charge in [-0.2, -0.15) is 0 Å². The molecule has 2 aromatic rings. The first-order chi connectivity index (χ1) is 11.2. The van der Waals surface area contributed by atoms with Crippen LogP contribution in [-0.2, 0) is 0 Å². The largest absolute Gasteiger partial charge is 0.399 e. The first-order valence-corrected chi connectivity index (χ1v) is 8.24. The topological polar surface area (TPSA) is 49.6 Å². The van der Waals surface area contributed by atoms with Crippen molar-refractivity contribution in [3.05, 3.63) is 54.1 Å². The van der Waals surface area contributed by atoms with Gasteiger partial charge in [-0.15, -0.1) is 0 Å². The Kier molecular flexibility index (Phi) is 3.45. The summed E-state index contributed by atoms with van der Waals surface area (Å²) in [6, 6.07) is 15.4. The van der Waals surface area contributed by atoms with Crippen LogP contribution < -0.4 is 15.5 Å². The number of nitrogens with two attached hydrogens (primary N) is 1. The second-order valence-electron chi connectivity index (χ2n) is 6.46. The molecule has 0 aromatic heterocycles. The van der Waals surface area contributed by atoms with Gasteiger partial charge >= 0.3 is 0 Å². The molecule has 1 saturated carbocycles. The van der Waals surface area contributed by atoms with Gasteiger partial charge in [0.15, 0.2) is 0 Å². The van der Waals surface area contributed by atoms with Gasteiger partial charge in [0.1, 0.15) is 0 Å². The van der Waals surface area contributed by atoms with Crippen LogP contribution in [0.3, 0.4) is 0 Å². The van der Waals surface area contributed by atoms with Crippen LogP contribution in [0.1, 0.15) is 23.2 Å². The molecule has 2 aliphatic rings. The zero-order chi connectivity index (χ0) is 15.8. The van der Waals surface area contributed by atoms with Crippen LogP contribution in [0.5, 0.6) is 0 Å². The third-order valence-electron chi connectivity index (χ3n) is 4.69.